The van der Waals surface area contributed by atoms with E-state index in [4.69, 9.17) is 5.26 Å². The van der Waals surface area contributed by atoms with Gasteiger partial charge in [-0.1, -0.05) is 12.1 Å². The SMILES string of the molecule is CC(C#N)CN[C@@H](C)c1cccc(F)c1. The van der Waals surface area contributed by atoms with Crippen molar-refractivity contribution in [1.82, 2.24) is 5.32 Å². The summed E-state index contributed by atoms with van der Waals surface area (Å²) < 4.78 is 12.9. The summed E-state index contributed by atoms with van der Waals surface area (Å²) in [6, 6.07) is 8.71. The van der Waals surface area contributed by atoms with Gasteiger partial charge in [-0.05, 0) is 31.5 Å². The van der Waals surface area contributed by atoms with Gasteiger partial charge in [0.15, 0.2) is 0 Å². The number of nitrogens with zero attached hydrogens (tertiary/aromatic N) is 1. The molecule has 2 nitrogen and oxygen atoms in total. The Kier molecular flexibility index (Phi) is 4.26. The van der Waals surface area contributed by atoms with Crippen LogP contribution in [0.5, 0.6) is 0 Å². The standard InChI is InChI=1S/C12H15FN2/c1-9(7-14)8-15-10(2)11-4-3-5-12(13)6-11/h3-6,9-10,15H,8H2,1-2H3/t9?,10-/m0/s1. The van der Waals surface area contributed by atoms with Gasteiger partial charge in [0.05, 0.1) is 12.0 Å². The largest absolute Gasteiger partial charge is 0.309 e. The van der Waals surface area contributed by atoms with Gasteiger partial charge in [0, 0.05) is 12.6 Å². The zero-order chi connectivity index (χ0) is 11.3. The molecule has 1 aromatic rings. The Morgan fingerprint density at radius 2 is 2.20 bits per heavy atom. The third kappa shape index (κ3) is 3.69. The summed E-state index contributed by atoms with van der Waals surface area (Å²) in [7, 11) is 0. The maximum absolute atomic E-state index is 12.9. The number of rotatable bonds is 4. The fraction of sp³-hybridized carbons (Fsp3) is 0.417. The fourth-order valence-electron chi connectivity index (χ4n) is 1.29. The van der Waals surface area contributed by atoms with Gasteiger partial charge in [0.2, 0.25) is 0 Å². The zero-order valence-corrected chi connectivity index (χ0v) is 9.00. The first-order valence-corrected chi connectivity index (χ1v) is 5.02. The van der Waals surface area contributed by atoms with E-state index in [0.717, 1.165) is 5.56 Å². The normalized spacial score (nSPS) is 14.3. The minimum Gasteiger partial charge on any atom is -0.309 e. The lowest BCUT2D eigenvalue weighted by atomic mass is 10.1. The Bertz CT molecular complexity index is 357. The molecule has 0 aliphatic rings. The maximum Gasteiger partial charge on any atom is 0.123 e. The quantitative estimate of drug-likeness (QED) is 0.822. The van der Waals surface area contributed by atoms with Crippen LogP contribution in [0.4, 0.5) is 4.39 Å². The van der Waals surface area contributed by atoms with Crippen LogP contribution in [0.1, 0.15) is 25.5 Å². The molecule has 0 radical (unpaired) electrons. The molecule has 0 spiro atoms. The van der Waals surface area contributed by atoms with E-state index in [2.05, 4.69) is 11.4 Å². The number of benzene rings is 1. The Balaban J connectivity index is 2.54. The van der Waals surface area contributed by atoms with Crippen LogP contribution in [0, 0.1) is 23.1 Å². The minimum atomic E-state index is -0.227. The topological polar surface area (TPSA) is 35.8 Å². The van der Waals surface area contributed by atoms with Crippen LogP contribution in [0.15, 0.2) is 24.3 Å². The van der Waals surface area contributed by atoms with Gasteiger partial charge in [0.1, 0.15) is 5.82 Å². The molecule has 1 unspecified atom stereocenters. The third-order valence-corrected chi connectivity index (χ3v) is 2.30. The molecule has 80 valence electrons. The molecule has 1 rings (SSSR count). The Morgan fingerprint density at radius 1 is 1.47 bits per heavy atom. The summed E-state index contributed by atoms with van der Waals surface area (Å²) in [6.45, 7) is 4.43. The predicted molar refractivity (Wildman–Crippen MR) is 57.6 cm³/mol. The van der Waals surface area contributed by atoms with Crippen LogP contribution in [0.3, 0.4) is 0 Å². The molecular formula is C12H15FN2. The van der Waals surface area contributed by atoms with E-state index in [1.807, 2.05) is 19.9 Å². The van der Waals surface area contributed by atoms with Gasteiger partial charge < -0.3 is 5.32 Å². The van der Waals surface area contributed by atoms with Crippen molar-refractivity contribution in [3.63, 3.8) is 0 Å². The Morgan fingerprint density at radius 3 is 2.80 bits per heavy atom. The van der Waals surface area contributed by atoms with Crippen molar-refractivity contribution < 1.29 is 4.39 Å². The van der Waals surface area contributed by atoms with E-state index in [1.165, 1.54) is 12.1 Å². The number of nitriles is 1. The van der Waals surface area contributed by atoms with Crippen LogP contribution < -0.4 is 5.32 Å². The first-order valence-electron chi connectivity index (χ1n) is 5.02. The summed E-state index contributed by atoms with van der Waals surface area (Å²) in [5.74, 6) is -0.254. The van der Waals surface area contributed by atoms with Crippen molar-refractivity contribution >= 4 is 0 Å². The monoisotopic (exact) mass is 206 g/mol. The highest BCUT2D eigenvalue weighted by molar-refractivity contribution is 5.19. The zero-order valence-electron chi connectivity index (χ0n) is 9.00. The molecule has 1 N–H and O–H groups in total. The van der Waals surface area contributed by atoms with Crippen molar-refractivity contribution in [3.05, 3.63) is 35.6 Å². The maximum atomic E-state index is 12.9. The van der Waals surface area contributed by atoms with Gasteiger partial charge in [-0.3, -0.25) is 0 Å². The lowest BCUT2D eigenvalue weighted by Crippen LogP contribution is -2.23. The van der Waals surface area contributed by atoms with E-state index in [0.29, 0.717) is 6.54 Å². The van der Waals surface area contributed by atoms with Crippen molar-refractivity contribution in [2.75, 3.05) is 6.54 Å². The Hall–Kier alpha value is -1.40. The molecule has 0 aliphatic heterocycles. The summed E-state index contributed by atoms with van der Waals surface area (Å²) >= 11 is 0. The molecule has 0 bridgehead atoms. The molecule has 2 atom stereocenters. The molecule has 0 saturated heterocycles. The number of hydrogen-bond donors (Lipinski definition) is 1. The van der Waals surface area contributed by atoms with Crippen molar-refractivity contribution in [2.45, 2.75) is 19.9 Å². The number of halogens is 1. The van der Waals surface area contributed by atoms with Gasteiger partial charge in [-0.2, -0.15) is 5.26 Å². The second-order valence-corrected chi connectivity index (χ2v) is 3.72. The molecule has 15 heavy (non-hydrogen) atoms. The summed E-state index contributed by atoms with van der Waals surface area (Å²) in [5, 5.41) is 11.8. The first kappa shape index (κ1) is 11.7. The lowest BCUT2D eigenvalue weighted by Gasteiger charge is -2.14. The highest BCUT2D eigenvalue weighted by Crippen LogP contribution is 2.13. The highest BCUT2D eigenvalue weighted by Gasteiger charge is 2.07. The van der Waals surface area contributed by atoms with E-state index >= 15 is 0 Å². The first-order chi connectivity index (χ1) is 7.13. The third-order valence-electron chi connectivity index (χ3n) is 2.30. The van der Waals surface area contributed by atoms with E-state index in [9.17, 15) is 4.39 Å². The van der Waals surface area contributed by atoms with Crippen LogP contribution >= 0.6 is 0 Å². The highest BCUT2D eigenvalue weighted by atomic mass is 19.1. The number of nitrogens with one attached hydrogen (secondary N) is 1. The van der Waals surface area contributed by atoms with E-state index in [1.54, 1.807) is 6.07 Å². The van der Waals surface area contributed by atoms with Crippen LogP contribution in [0.25, 0.3) is 0 Å². The van der Waals surface area contributed by atoms with Crippen LogP contribution in [0.2, 0.25) is 0 Å². The lowest BCUT2D eigenvalue weighted by molar-refractivity contribution is 0.524. The predicted octanol–water partition coefficient (Wildman–Crippen LogP) is 2.64. The van der Waals surface area contributed by atoms with E-state index in [-0.39, 0.29) is 17.8 Å². The Labute approximate surface area is 89.7 Å². The molecule has 0 aliphatic carbocycles. The molecule has 0 fully saturated rings. The smallest absolute Gasteiger partial charge is 0.123 e. The second kappa shape index (κ2) is 5.47. The molecular weight excluding hydrogens is 191 g/mol. The average Bonchev–Trinajstić information content (AvgIpc) is 2.25. The molecule has 0 aromatic heterocycles. The van der Waals surface area contributed by atoms with Gasteiger partial charge >= 0.3 is 0 Å². The molecule has 3 heteroatoms. The van der Waals surface area contributed by atoms with Gasteiger partial charge in [0.25, 0.3) is 0 Å². The van der Waals surface area contributed by atoms with E-state index < -0.39 is 0 Å². The molecule has 0 heterocycles. The second-order valence-electron chi connectivity index (χ2n) is 3.72. The molecule has 0 saturated carbocycles. The minimum absolute atomic E-state index is 0.0268. The van der Waals surface area contributed by atoms with Crippen molar-refractivity contribution in [2.24, 2.45) is 5.92 Å². The van der Waals surface area contributed by atoms with Crippen LogP contribution in [-0.2, 0) is 0 Å². The summed E-state index contributed by atoms with van der Waals surface area (Å²) in [4.78, 5) is 0. The van der Waals surface area contributed by atoms with Gasteiger partial charge in [-0.15, -0.1) is 0 Å². The van der Waals surface area contributed by atoms with Crippen molar-refractivity contribution in [1.29, 1.82) is 5.26 Å². The number of hydrogen-bond acceptors (Lipinski definition) is 2. The van der Waals surface area contributed by atoms with Crippen molar-refractivity contribution in [3.8, 4) is 6.07 Å². The molecule has 1 aromatic carbocycles. The average molecular weight is 206 g/mol. The fourth-order valence-corrected chi connectivity index (χ4v) is 1.29. The summed E-state index contributed by atoms with van der Waals surface area (Å²) in [6.07, 6.45) is 0. The summed E-state index contributed by atoms with van der Waals surface area (Å²) in [5.41, 5.74) is 0.903. The molecule has 0 amide bonds. The van der Waals surface area contributed by atoms with Crippen LogP contribution in [-0.4, -0.2) is 6.54 Å². The van der Waals surface area contributed by atoms with Gasteiger partial charge in [-0.25, -0.2) is 4.39 Å².